The maximum Gasteiger partial charge on any atom is 0.437 e. The third kappa shape index (κ3) is 6.86. The van der Waals surface area contributed by atoms with E-state index in [9.17, 15) is 31.1 Å². The quantitative estimate of drug-likeness (QED) is 0.321. The Morgan fingerprint density at radius 1 is 0.792 bits per heavy atom. The van der Waals surface area contributed by atoms with Gasteiger partial charge in [-0.3, -0.25) is 0 Å². The first-order valence-corrected chi connectivity index (χ1v) is 8.01. The van der Waals surface area contributed by atoms with E-state index < -0.39 is 30.5 Å². The molecule has 0 radical (unpaired) electrons. The third-order valence-electron chi connectivity index (χ3n) is 3.60. The van der Waals surface area contributed by atoms with Gasteiger partial charge in [-0.25, -0.2) is 4.79 Å². The van der Waals surface area contributed by atoms with Crippen molar-refractivity contribution in [2.24, 2.45) is 0 Å². The summed E-state index contributed by atoms with van der Waals surface area (Å²) >= 11 is 0. The lowest BCUT2D eigenvalue weighted by atomic mass is 10.0. The van der Waals surface area contributed by atoms with E-state index in [4.69, 9.17) is 5.11 Å². The Morgan fingerprint density at radius 3 is 1.54 bits per heavy atom. The molecule has 0 aromatic rings. The van der Waals surface area contributed by atoms with E-state index in [2.05, 4.69) is 11.7 Å². The van der Waals surface area contributed by atoms with E-state index in [1.54, 1.807) is 0 Å². The summed E-state index contributed by atoms with van der Waals surface area (Å²) in [6.07, 6.45) is -4.51. The van der Waals surface area contributed by atoms with Crippen LogP contribution < -0.4 is 0 Å². The molecule has 0 aromatic heterocycles. The number of rotatable bonds is 11. The van der Waals surface area contributed by atoms with Gasteiger partial charge in [0.1, 0.15) is 0 Å². The van der Waals surface area contributed by atoms with Gasteiger partial charge in [0.25, 0.3) is 0 Å². The summed E-state index contributed by atoms with van der Waals surface area (Å²) in [5, 5.41) is 8.77. The van der Waals surface area contributed by atoms with Crippen LogP contribution in [0.25, 0.3) is 0 Å². The number of carbonyl (C=O) groups excluding carboxylic acids is 1. The highest BCUT2D eigenvalue weighted by molar-refractivity contribution is 5.81. The SMILES string of the molecule is CCCCCCCCCCCOC(=O)C(O)(C(F)(F)F)C(F)(F)F. The molecule has 144 valence electrons. The Hall–Kier alpha value is -0.990. The molecule has 9 heteroatoms. The minimum atomic E-state index is -6.19. The fourth-order valence-corrected chi connectivity index (χ4v) is 2.07. The van der Waals surface area contributed by atoms with E-state index in [1.165, 1.54) is 0 Å². The van der Waals surface area contributed by atoms with Crippen molar-refractivity contribution in [2.75, 3.05) is 6.61 Å². The van der Waals surface area contributed by atoms with Crippen LogP contribution in [0, 0.1) is 0 Å². The van der Waals surface area contributed by atoms with Crippen LogP contribution in [0.4, 0.5) is 26.3 Å². The Bertz CT molecular complexity index is 351. The summed E-state index contributed by atoms with van der Waals surface area (Å²) in [4.78, 5) is 11.1. The molecule has 0 aromatic carbocycles. The van der Waals surface area contributed by atoms with Crippen LogP contribution in [0.15, 0.2) is 0 Å². The van der Waals surface area contributed by atoms with Crippen LogP contribution in [0.2, 0.25) is 0 Å². The Morgan fingerprint density at radius 2 is 1.17 bits per heavy atom. The minimum absolute atomic E-state index is 0.145. The highest BCUT2D eigenvalue weighted by Crippen LogP contribution is 2.43. The van der Waals surface area contributed by atoms with Crippen LogP contribution in [-0.2, 0) is 9.53 Å². The number of esters is 1. The van der Waals surface area contributed by atoms with Gasteiger partial charge >= 0.3 is 23.9 Å². The second-order valence-corrected chi connectivity index (χ2v) is 5.67. The van der Waals surface area contributed by atoms with E-state index in [0.717, 1.165) is 44.9 Å². The van der Waals surface area contributed by atoms with Gasteiger partial charge in [0.2, 0.25) is 0 Å². The molecule has 0 aliphatic heterocycles. The van der Waals surface area contributed by atoms with Gasteiger partial charge in [-0.1, -0.05) is 58.3 Å². The van der Waals surface area contributed by atoms with E-state index in [1.807, 2.05) is 0 Å². The Labute approximate surface area is 137 Å². The number of hydrogen-bond acceptors (Lipinski definition) is 3. The van der Waals surface area contributed by atoms with Crippen molar-refractivity contribution in [1.29, 1.82) is 0 Å². The first-order chi connectivity index (χ1) is 11.0. The first kappa shape index (κ1) is 23.0. The number of ether oxygens (including phenoxy) is 1. The molecule has 0 saturated carbocycles. The fourth-order valence-electron chi connectivity index (χ4n) is 2.07. The van der Waals surface area contributed by atoms with Crippen molar-refractivity contribution in [3.05, 3.63) is 0 Å². The molecule has 0 amide bonds. The molecule has 0 bridgehead atoms. The molecule has 0 spiro atoms. The van der Waals surface area contributed by atoms with Gasteiger partial charge in [-0.05, 0) is 6.42 Å². The zero-order valence-corrected chi connectivity index (χ0v) is 13.6. The lowest BCUT2D eigenvalue weighted by Gasteiger charge is -2.29. The third-order valence-corrected chi connectivity index (χ3v) is 3.60. The maximum absolute atomic E-state index is 12.4. The molecule has 24 heavy (non-hydrogen) atoms. The summed E-state index contributed by atoms with van der Waals surface area (Å²) in [6, 6.07) is 0. The summed E-state index contributed by atoms with van der Waals surface area (Å²) in [6.45, 7) is 1.50. The number of carbonyl (C=O) groups is 1. The van der Waals surface area contributed by atoms with Crippen LogP contribution >= 0.6 is 0 Å². The molecule has 0 saturated heterocycles. The number of hydrogen-bond donors (Lipinski definition) is 1. The molecule has 0 rings (SSSR count). The van der Waals surface area contributed by atoms with Crippen molar-refractivity contribution < 1.29 is 41.0 Å². The van der Waals surface area contributed by atoms with E-state index in [-0.39, 0.29) is 6.42 Å². The number of alkyl halides is 6. The lowest BCUT2D eigenvalue weighted by molar-refractivity contribution is -0.356. The normalized spacial score (nSPS) is 13.2. The van der Waals surface area contributed by atoms with Gasteiger partial charge < -0.3 is 9.84 Å². The predicted octanol–water partition coefficient (Wildman–Crippen LogP) is 4.92. The van der Waals surface area contributed by atoms with Crippen LogP contribution in [0.3, 0.4) is 0 Å². The molecule has 0 aliphatic rings. The van der Waals surface area contributed by atoms with Crippen molar-refractivity contribution in [3.8, 4) is 0 Å². The van der Waals surface area contributed by atoms with Gasteiger partial charge in [-0.2, -0.15) is 26.3 Å². The summed E-state index contributed by atoms with van der Waals surface area (Å²) in [5.74, 6) is -2.73. The Balaban J connectivity index is 4.08. The second kappa shape index (κ2) is 10.1. The van der Waals surface area contributed by atoms with Crippen molar-refractivity contribution in [3.63, 3.8) is 0 Å². The average Bonchev–Trinajstić information content (AvgIpc) is 2.45. The standard InChI is InChI=1S/C15H24F6O3/c1-2-3-4-5-6-7-8-9-10-11-24-12(22)13(23,14(16,17)18)15(19,20)21/h23H,2-11H2,1H3. The van der Waals surface area contributed by atoms with Crippen LogP contribution in [0.5, 0.6) is 0 Å². The highest BCUT2D eigenvalue weighted by atomic mass is 19.4. The summed E-state index contributed by atoms with van der Waals surface area (Å²) in [5.41, 5.74) is -5.49. The first-order valence-electron chi connectivity index (χ1n) is 8.01. The van der Waals surface area contributed by atoms with Gasteiger partial charge in [0.05, 0.1) is 6.61 Å². The summed E-state index contributed by atoms with van der Waals surface area (Å²) in [7, 11) is 0. The molecule has 0 unspecified atom stereocenters. The van der Waals surface area contributed by atoms with Crippen LogP contribution in [0.1, 0.15) is 64.7 Å². The van der Waals surface area contributed by atoms with Gasteiger partial charge in [-0.15, -0.1) is 0 Å². The molecule has 0 heterocycles. The smallest absolute Gasteiger partial charge is 0.437 e. The summed E-state index contributed by atoms with van der Waals surface area (Å²) < 4.78 is 78.3. The number of halogens is 6. The number of aliphatic hydroxyl groups is 1. The zero-order chi connectivity index (χ0) is 18.9. The Kier molecular flexibility index (Phi) is 9.69. The predicted molar refractivity (Wildman–Crippen MR) is 75.2 cm³/mol. The van der Waals surface area contributed by atoms with Gasteiger partial charge in [0.15, 0.2) is 0 Å². The van der Waals surface area contributed by atoms with Crippen molar-refractivity contribution in [1.82, 2.24) is 0 Å². The van der Waals surface area contributed by atoms with Crippen molar-refractivity contribution in [2.45, 2.75) is 82.7 Å². The molecule has 0 fully saturated rings. The van der Waals surface area contributed by atoms with Gasteiger partial charge in [0, 0.05) is 0 Å². The van der Waals surface area contributed by atoms with Crippen molar-refractivity contribution >= 4 is 5.97 Å². The molecular formula is C15H24F6O3. The zero-order valence-electron chi connectivity index (χ0n) is 13.6. The monoisotopic (exact) mass is 366 g/mol. The fraction of sp³-hybridized carbons (Fsp3) is 0.933. The maximum atomic E-state index is 12.4. The average molecular weight is 366 g/mol. The highest BCUT2D eigenvalue weighted by Gasteiger charge is 2.76. The lowest BCUT2D eigenvalue weighted by Crippen LogP contribution is -2.63. The molecular weight excluding hydrogens is 342 g/mol. The molecule has 3 nitrogen and oxygen atoms in total. The topological polar surface area (TPSA) is 46.5 Å². The molecule has 0 atom stereocenters. The van der Waals surface area contributed by atoms with Crippen LogP contribution in [-0.4, -0.2) is 35.6 Å². The molecule has 0 aliphatic carbocycles. The second-order valence-electron chi connectivity index (χ2n) is 5.67. The van der Waals surface area contributed by atoms with E-state index >= 15 is 0 Å². The minimum Gasteiger partial charge on any atom is -0.463 e. The van der Waals surface area contributed by atoms with E-state index in [0.29, 0.717) is 6.42 Å². The molecule has 1 N–H and O–H groups in total. The largest absolute Gasteiger partial charge is 0.463 e. The number of unbranched alkanes of at least 4 members (excludes halogenated alkanes) is 8.